The van der Waals surface area contributed by atoms with Crippen molar-refractivity contribution in [2.45, 2.75) is 38.3 Å². The maximum atomic E-state index is 6.14. The van der Waals surface area contributed by atoms with Crippen LogP contribution in [0.1, 0.15) is 31.7 Å². The highest BCUT2D eigenvalue weighted by Crippen LogP contribution is 2.34. The smallest absolute Gasteiger partial charge is 0.128 e. The maximum absolute atomic E-state index is 6.14. The van der Waals surface area contributed by atoms with Gasteiger partial charge >= 0.3 is 0 Å². The van der Waals surface area contributed by atoms with E-state index in [1.54, 1.807) is 0 Å². The van der Waals surface area contributed by atoms with Crippen LogP contribution in [0.15, 0.2) is 30.0 Å². The molecule has 3 aliphatic heterocycles. The Kier molecular flexibility index (Phi) is 5.30. The van der Waals surface area contributed by atoms with Gasteiger partial charge in [-0.25, -0.2) is 4.98 Å². The SMILES string of the molecule is CC1=CC2(CCN(c3ccc(CN4CCN(C)CC4)cn3)CC2)OCC1. The lowest BCUT2D eigenvalue weighted by molar-refractivity contribution is -0.0326. The summed E-state index contributed by atoms with van der Waals surface area (Å²) in [5.74, 6) is 1.11. The molecule has 0 amide bonds. The molecule has 0 atom stereocenters. The number of pyridine rings is 1. The van der Waals surface area contributed by atoms with E-state index in [-0.39, 0.29) is 5.60 Å². The molecular formula is C21H32N4O. The van der Waals surface area contributed by atoms with Crippen molar-refractivity contribution in [3.63, 3.8) is 0 Å². The van der Waals surface area contributed by atoms with E-state index in [9.17, 15) is 0 Å². The summed E-state index contributed by atoms with van der Waals surface area (Å²) in [5.41, 5.74) is 2.79. The largest absolute Gasteiger partial charge is 0.370 e. The first-order chi connectivity index (χ1) is 12.6. The Hall–Kier alpha value is -1.43. The zero-order valence-corrected chi connectivity index (χ0v) is 16.3. The Morgan fingerprint density at radius 2 is 1.85 bits per heavy atom. The number of ether oxygens (including phenoxy) is 1. The Bertz CT molecular complexity index is 626. The molecule has 0 radical (unpaired) electrons. The fraction of sp³-hybridized carbons (Fsp3) is 0.667. The number of hydrogen-bond acceptors (Lipinski definition) is 5. The van der Waals surface area contributed by atoms with E-state index in [4.69, 9.17) is 9.72 Å². The molecule has 0 bridgehead atoms. The number of likely N-dealkylation sites (N-methyl/N-ethyl adjacent to an activating group) is 1. The zero-order chi connectivity index (χ0) is 18.0. The van der Waals surface area contributed by atoms with Crippen LogP contribution in [0.5, 0.6) is 0 Å². The number of nitrogens with zero attached hydrogens (tertiary/aromatic N) is 4. The molecule has 142 valence electrons. The van der Waals surface area contributed by atoms with Gasteiger partial charge in [0, 0.05) is 52.0 Å². The van der Waals surface area contributed by atoms with Gasteiger partial charge in [0.2, 0.25) is 0 Å². The fourth-order valence-corrected chi connectivity index (χ4v) is 4.34. The van der Waals surface area contributed by atoms with Crippen molar-refractivity contribution in [1.29, 1.82) is 0 Å². The van der Waals surface area contributed by atoms with Crippen LogP contribution in [0, 0.1) is 0 Å². The van der Waals surface area contributed by atoms with Crippen molar-refractivity contribution in [3.8, 4) is 0 Å². The standard InChI is InChI=1S/C21H32N4O/c1-18-5-14-26-21(15-18)6-8-25(9-7-21)20-4-3-19(16-22-20)17-24-12-10-23(2)11-13-24/h3-4,15-16H,5-14,17H2,1-2H3. The Balaban J connectivity index is 1.32. The third-order valence-electron chi connectivity index (χ3n) is 6.14. The lowest BCUT2D eigenvalue weighted by Gasteiger charge is -2.42. The number of piperidine rings is 1. The van der Waals surface area contributed by atoms with Crippen LogP contribution < -0.4 is 4.90 Å². The molecule has 0 aromatic carbocycles. The normalized spacial score (nSPS) is 24.7. The summed E-state index contributed by atoms with van der Waals surface area (Å²) < 4.78 is 6.14. The molecule has 5 nitrogen and oxygen atoms in total. The minimum Gasteiger partial charge on any atom is -0.370 e. The van der Waals surface area contributed by atoms with Crippen molar-refractivity contribution < 1.29 is 4.74 Å². The van der Waals surface area contributed by atoms with Gasteiger partial charge in [0.05, 0.1) is 12.2 Å². The van der Waals surface area contributed by atoms with Gasteiger partial charge in [0.15, 0.2) is 0 Å². The molecule has 1 aromatic heterocycles. The average molecular weight is 357 g/mol. The molecular weight excluding hydrogens is 324 g/mol. The van der Waals surface area contributed by atoms with Crippen LogP contribution in [-0.2, 0) is 11.3 Å². The van der Waals surface area contributed by atoms with Gasteiger partial charge in [0.25, 0.3) is 0 Å². The molecule has 0 unspecified atom stereocenters. The summed E-state index contributed by atoms with van der Waals surface area (Å²) in [6.45, 7) is 10.8. The Labute approximate surface area is 157 Å². The summed E-state index contributed by atoms with van der Waals surface area (Å²) in [5, 5.41) is 0. The molecule has 5 heteroatoms. The first kappa shape index (κ1) is 18.0. The second kappa shape index (κ2) is 7.67. The summed E-state index contributed by atoms with van der Waals surface area (Å²) >= 11 is 0. The maximum Gasteiger partial charge on any atom is 0.128 e. The van der Waals surface area contributed by atoms with Crippen LogP contribution >= 0.6 is 0 Å². The highest BCUT2D eigenvalue weighted by atomic mass is 16.5. The molecule has 4 heterocycles. The summed E-state index contributed by atoms with van der Waals surface area (Å²) in [4.78, 5) is 12.1. The van der Waals surface area contributed by atoms with Crippen LogP contribution in [0.4, 0.5) is 5.82 Å². The predicted octanol–water partition coefficient (Wildman–Crippen LogP) is 2.53. The second-order valence-corrected chi connectivity index (χ2v) is 8.25. The van der Waals surface area contributed by atoms with Gasteiger partial charge < -0.3 is 14.5 Å². The van der Waals surface area contributed by atoms with Gasteiger partial charge in [-0.1, -0.05) is 17.7 Å². The molecule has 4 rings (SSSR count). The number of hydrogen-bond donors (Lipinski definition) is 0. The molecule has 0 saturated carbocycles. The number of aromatic nitrogens is 1. The van der Waals surface area contributed by atoms with Crippen LogP contribution in [0.25, 0.3) is 0 Å². The fourth-order valence-electron chi connectivity index (χ4n) is 4.34. The van der Waals surface area contributed by atoms with Crippen molar-refractivity contribution >= 4 is 5.82 Å². The lowest BCUT2D eigenvalue weighted by Crippen LogP contribution is -2.46. The van der Waals surface area contributed by atoms with Crippen LogP contribution in [-0.4, -0.2) is 73.3 Å². The molecule has 0 aliphatic carbocycles. The number of anilines is 1. The molecule has 2 saturated heterocycles. The van der Waals surface area contributed by atoms with Crippen molar-refractivity contribution in [2.75, 3.05) is 57.8 Å². The molecule has 26 heavy (non-hydrogen) atoms. The second-order valence-electron chi connectivity index (χ2n) is 8.25. The highest BCUT2D eigenvalue weighted by Gasteiger charge is 2.35. The van der Waals surface area contributed by atoms with E-state index in [0.29, 0.717) is 0 Å². The predicted molar refractivity (Wildman–Crippen MR) is 106 cm³/mol. The van der Waals surface area contributed by atoms with Crippen LogP contribution in [0.3, 0.4) is 0 Å². The Morgan fingerprint density at radius 3 is 2.50 bits per heavy atom. The van der Waals surface area contributed by atoms with Crippen molar-refractivity contribution in [3.05, 3.63) is 35.5 Å². The highest BCUT2D eigenvalue weighted by molar-refractivity contribution is 5.40. The van der Waals surface area contributed by atoms with Crippen molar-refractivity contribution in [1.82, 2.24) is 14.8 Å². The van der Waals surface area contributed by atoms with E-state index in [1.807, 2.05) is 0 Å². The quantitative estimate of drug-likeness (QED) is 0.777. The Morgan fingerprint density at radius 1 is 1.08 bits per heavy atom. The van der Waals surface area contributed by atoms with Gasteiger partial charge in [-0.2, -0.15) is 0 Å². The molecule has 0 N–H and O–H groups in total. The summed E-state index contributed by atoms with van der Waals surface area (Å²) in [6, 6.07) is 4.46. The number of rotatable bonds is 3. The van der Waals surface area contributed by atoms with E-state index in [0.717, 1.165) is 77.5 Å². The van der Waals surface area contributed by atoms with Gasteiger partial charge in [-0.05, 0) is 44.9 Å². The van der Waals surface area contributed by atoms with E-state index in [2.05, 4.69) is 53.1 Å². The van der Waals surface area contributed by atoms with E-state index >= 15 is 0 Å². The van der Waals surface area contributed by atoms with Crippen LogP contribution in [0.2, 0.25) is 0 Å². The van der Waals surface area contributed by atoms with Gasteiger partial charge in [-0.15, -0.1) is 0 Å². The van der Waals surface area contributed by atoms with Crippen molar-refractivity contribution in [2.24, 2.45) is 0 Å². The monoisotopic (exact) mass is 356 g/mol. The lowest BCUT2D eigenvalue weighted by atomic mass is 9.87. The number of piperazine rings is 1. The third-order valence-corrected chi connectivity index (χ3v) is 6.14. The van der Waals surface area contributed by atoms with Gasteiger partial charge in [0.1, 0.15) is 5.82 Å². The first-order valence-corrected chi connectivity index (χ1v) is 10.0. The molecule has 2 fully saturated rings. The average Bonchev–Trinajstić information content (AvgIpc) is 2.65. The molecule has 3 aliphatic rings. The summed E-state index contributed by atoms with van der Waals surface area (Å²) in [6.07, 6.45) is 7.66. The first-order valence-electron chi connectivity index (χ1n) is 10.0. The minimum absolute atomic E-state index is 0.0137. The summed E-state index contributed by atoms with van der Waals surface area (Å²) in [7, 11) is 2.20. The molecule has 1 aromatic rings. The van der Waals surface area contributed by atoms with E-state index < -0.39 is 0 Å². The third kappa shape index (κ3) is 4.11. The molecule has 1 spiro atoms. The van der Waals surface area contributed by atoms with E-state index in [1.165, 1.54) is 11.1 Å². The topological polar surface area (TPSA) is 31.8 Å². The minimum atomic E-state index is -0.0137. The van der Waals surface area contributed by atoms with Gasteiger partial charge in [-0.3, -0.25) is 4.90 Å². The zero-order valence-electron chi connectivity index (χ0n) is 16.3.